The van der Waals surface area contributed by atoms with Crippen molar-refractivity contribution in [1.29, 1.82) is 0 Å². The minimum absolute atomic E-state index is 0.185. The van der Waals surface area contributed by atoms with Gasteiger partial charge >= 0.3 is 0 Å². The van der Waals surface area contributed by atoms with Crippen LogP contribution in [0.4, 0.5) is 0 Å². The smallest absolute Gasteiger partial charge is 0.223 e. The van der Waals surface area contributed by atoms with Crippen LogP contribution in [-0.4, -0.2) is 12.5 Å². The molecule has 3 heteroatoms. The lowest BCUT2D eigenvalue weighted by Crippen LogP contribution is -2.38. The van der Waals surface area contributed by atoms with E-state index in [1.54, 1.807) is 0 Å². The fraction of sp³-hybridized carbons (Fsp3) is 0.533. The first-order valence-corrected chi connectivity index (χ1v) is 7.11. The van der Waals surface area contributed by atoms with E-state index in [1.165, 1.54) is 24.8 Å². The van der Waals surface area contributed by atoms with Crippen LogP contribution in [0.25, 0.3) is 0 Å². The molecule has 2 nitrogen and oxygen atoms in total. The van der Waals surface area contributed by atoms with Gasteiger partial charge in [0.25, 0.3) is 0 Å². The van der Waals surface area contributed by atoms with Crippen molar-refractivity contribution in [2.24, 2.45) is 5.92 Å². The summed E-state index contributed by atoms with van der Waals surface area (Å²) in [5, 5.41) is 3.90. The topological polar surface area (TPSA) is 29.1 Å². The normalized spacial score (nSPS) is 21.2. The number of benzene rings is 1. The molecule has 1 aromatic carbocycles. The average Bonchev–Trinajstić information content (AvgIpc) is 3.06. The number of rotatable bonds is 4. The van der Waals surface area contributed by atoms with Crippen molar-refractivity contribution in [2.45, 2.75) is 37.5 Å². The molecule has 0 radical (unpaired) electrons. The van der Waals surface area contributed by atoms with E-state index in [4.69, 9.17) is 11.6 Å². The van der Waals surface area contributed by atoms with Gasteiger partial charge in [0.1, 0.15) is 0 Å². The average molecular weight is 264 g/mol. The minimum atomic E-state index is 0.185. The van der Waals surface area contributed by atoms with E-state index in [1.807, 2.05) is 12.1 Å². The van der Waals surface area contributed by atoms with Crippen molar-refractivity contribution in [2.75, 3.05) is 6.54 Å². The van der Waals surface area contributed by atoms with Gasteiger partial charge in [-0.05, 0) is 43.4 Å². The molecule has 1 N–H and O–H groups in total. The monoisotopic (exact) mass is 263 g/mol. The van der Waals surface area contributed by atoms with Crippen LogP contribution in [0.1, 0.15) is 37.7 Å². The van der Waals surface area contributed by atoms with E-state index < -0.39 is 0 Å². The van der Waals surface area contributed by atoms with Gasteiger partial charge in [-0.2, -0.15) is 0 Å². The third-order valence-electron chi connectivity index (χ3n) is 4.39. The maximum absolute atomic E-state index is 11.9. The van der Waals surface area contributed by atoms with Gasteiger partial charge in [-0.15, -0.1) is 0 Å². The molecule has 18 heavy (non-hydrogen) atoms. The predicted octanol–water partition coefficient (Wildman–Crippen LogP) is 3.29. The van der Waals surface area contributed by atoms with Gasteiger partial charge in [0.15, 0.2) is 0 Å². The van der Waals surface area contributed by atoms with E-state index in [9.17, 15) is 4.79 Å². The number of carbonyl (C=O) groups is 1. The molecular weight excluding hydrogens is 246 g/mol. The first kappa shape index (κ1) is 12.0. The highest BCUT2D eigenvalue weighted by atomic mass is 35.5. The number of hydrogen-bond acceptors (Lipinski definition) is 1. The van der Waals surface area contributed by atoms with Gasteiger partial charge in [-0.25, -0.2) is 0 Å². The van der Waals surface area contributed by atoms with Crippen LogP contribution in [0.3, 0.4) is 0 Å². The second kappa shape index (κ2) is 4.58. The Bertz CT molecular complexity index is 446. The summed E-state index contributed by atoms with van der Waals surface area (Å²) in [6, 6.07) is 8.05. The third kappa shape index (κ3) is 2.26. The fourth-order valence-corrected chi connectivity index (χ4v) is 2.72. The fourth-order valence-electron chi connectivity index (χ4n) is 2.59. The highest BCUT2D eigenvalue weighted by Crippen LogP contribution is 2.47. The Morgan fingerprint density at radius 3 is 2.44 bits per heavy atom. The highest BCUT2D eigenvalue weighted by molar-refractivity contribution is 6.30. The molecule has 0 saturated heterocycles. The molecule has 0 aromatic heterocycles. The summed E-state index contributed by atoms with van der Waals surface area (Å²) in [6.45, 7) is 0.782. The third-order valence-corrected chi connectivity index (χ3v) is 4.64. The van der Waals surface area contributed by atoms with Gasteiger partial charge in [-0.3, -0.25) is 4.79 Å². The molecule has 0 atom stereocenters. The lowest BCUT2D eigenvalue weighted by molar-refractivity contribution is -0.127. The Labute approximate surface area is 113 Å². The molecule has 1 aromatic rings. The second-order valence-corrected chi connectivity index (χ2v) is 6.07. The van der Waals surface area contributed by atoms with Gasteiger partial charge in [0.05, 0.1) is 0 Å². The number of nitrogens with one attached hydrogen (secondary N) is 1. The molecular formula is C15H18ClNO. The van der Waals surface area contributed by atoms with Crippen LogP contribution in [0.5, 0.6) is 0 Å². The van der Waals surface area contributed by atoms with Crippen molar-refractivity contribution in [3.05, 3.63) is 34.9 Å². The molecule has 0 heterocycles. The Morgan fingerprint density at radius 1 is 1.28 bits per heavy atom. The van der Waals surface area contributed by atoms with E-state index >= 15 is 0 Å². The van der Waals surface area contributed by atoms with E-state index in [0.717, 1.165) is 24.4 Å². The number of hydrogen-bond donors (Lipinski definition) is 1. The van der Waals surface area contributed by atoms with Crippen LogP contribution in [0.15, 0.2) is 24.3 Å². The van der Waals surface area contributed by atoms with Gasteiger partial charge < -0.3 is 5.32 Å². The summed E-state index contributed by atoms with van der Waals surface area (Å²) in [4.78, 5) is 11.9. The quantitative estimate of drug-likeness (QED) is 0.887. The van der Waals surface area contributed by atoms with Crippen LogP contribution in [-0.2, 0) is 10.2 Å². The predicted molar refractivity (Wildman–Crippen MR) is 72.7 cm³/mol. The molecule has 0 spiro atoms. The first-order chi connectivity index (χ1) is 8.70. The van der Waals surface area contributed by atoms with Crippen LogP contribution >= 0.6 is 11.6 Å². The minimum Gasteiger partial charge on any atom is -0.355 e. The Balaban J connectivity index is 1.61. The zero-order valence-corrected chi connectivity index (χ0v) is 11.2. The summed E-state index contributed by atoms with van der Waals surface area (Å²) in [5.41, 5.74) is 1.49. The van der Waals surface area contributed by atoms with Crippen molar-refractivity contribution >= 4 is 17.5 Å². The molecule has 3 rings (SSSR count). The van der Waals surface area contributed by atoms with Crippen molar-refractivity contribution in [3.8, 4) is 0 Å². The molecule has 0 unspecified atom stereocenters. The van der Waals surface area contributed by atoms with Gasteiger partial charge in [0.2, 0.25) is 5.91 Å². The van der Waals surface area contributed by atoms with E-state index in [2.05, 4.69) is 17.4 Å². The molecule has 2 saturated carbocycles. The molecule has 2 aliphatic carbocycles. The molecule has 0 aliphatic heterocycles. The zero-order valence-electron chi connectivity index (χ0n) is 10.4. The summed E-state index contributed by atoms with van der Waals surface area (Å²) in [5.74, 6) is 0.535. The standard InChI is InChI=1S/C15H18ClNO/c16-13-6-4-12(5-7-13)15(8-9-15)10-17-14(18)11-2-1-3-11/h4-7,11H,1-3,8-10H2,(H,17,18). The number of amides is 1. The van der Waals surface area contributed by atoms with Gasteiger partial charge in [0, 0.05) is 22.9 Å². The summed E-state index contributed by atoms with van der Waals surface area (Å²) < 4.78 is 0. The number of carbonyl (C=O) groups excluding carboxylic acids is 1. The summed E-state index contributed by atoms with van der Waals surface area (Å²) in [6.07, 6.45) is 5.68. The lowest BCUT2D eigenvalue weighted by atomic mass is 9.84. The zero-order chi connectivity index (χ0) is 12.6. The largest absolute Gasteiger partial charge is 0.355 e. The summed E-state index contributed by atoms with van der Waals surface area (Å²) in [7, 11) is 0. The van der Waals surface area contributed by atoms with E-state index in [-0.39, 0.29) is 17.2 Å². The maximum Gasteiger partial charge on any atom is 0.223 e. The SMILES string of the molecule is O=C(NCC1(c2ccc(Cl)cc2)CC1)C1CCC1. The Kier molecular flexibility index (Phi) is 3.06. The van der Waals surface area contributed by atoms with Crippen molar-refractivity contribution < 1.29 is 4.79 Å². The summed E-state index contributed by atoms with van der Waals surface area (Å²) >= 11 is 5.91. The molecule has 2 aliphatic rings. The van der Waals surface area contributed by atoms with E-state index in [0.29, 0.717) is 0 Å². The Morgan fingerprint density at radius 2 is 1.94 bits per heavy atom. The van der Waals surface area contributed by atoms with Crippen LogP contribution in [0.2, 0.25) is 5.02 Å². The van der Waals surface area contributed by atoms with Crippen LogP contribution in [0, 0.1) is 5.92 Å². The molecule has 1 amide bonds. The van der Waals surface area contributed by atoms with Crippen LogP contribution < -0.4 is 5.32 Å². The highest BCUT2D eigenvalue weighted by Gasteiger charge is 2.44. The van der Waals surface area contributed by atoms with Crippen molar-refractivity contribution in [3.63, 3.8) is 0 Å². The van der Waals surface area contributed by atoms with Gasteiger partial charge in [-0.1, -0.05) is 30.2 Å². The Hall–Kier alpha value is -1.02. The second-order valence-electron chi connectivity index (χ2n) is 5.63. The number of halogens is 1. The molecule has 96 valence electrons. The first-order valence-electron chi connectivity index (χ1n) is 6.73. The molecule has 2 fully saturated rings. The lowest BCUT2D eigenvalue weighted by Gasteiger charge is -2.25. The maximum atomic E-state index is 11.9. The van der Waals surface area contributed by atoms with Crippen molar-refractivity contribution in [1.82, 2.24) is 5.32 Å². The molecule has 0 bridgehead atoms.